The molecule has 1 N–H and O–H groups in total. The van der Waals surface area contributed by atoms with Crippen LogP contribution in [-0.2, 0) is 0 Å². The number of rotatable bonds is 4. The first kappa shape index (κ1) is 18.3. The summed E-state index contributed by atoms with van der Waals surface area (Å²) in [6.45, 7) is 0. The van der Waals surface area contributed by atoms with E-state index in [2.05, 4.69) is 53.8 Å². The molecule has 4 nitrogen and oxygen atoms in total. The third kappa shape index (κ3) is 3.16. The second-order valence-electron chi connectivity index (χ2n) is 7.26. The molecule has 0 saturated heterocycles. The van der Waals surface area contributed by atoms with E-state index in [-0.39, 0.29) is 6.04 Å². The Hall–Kier alpha value is -3.79. The van der Waals surface area contributed by atoms with E-state index in [0.717, 1.165) is 34.1 Å². The van der Waals surface area contributed by atoms with E-state index in [1.54, 1.807) is 14.2 Å². The van der Waals surface area contributed by atoms with E-state index in [0.29, 0.717) is 0 Å². The van der Waals surface area contributed by atoms with Gasteiger partial charge in [-0.25, -0.2) is 0 Å². The van der Waals surface area contributed by atoms with Crippen molar-refractivity contribution in [1.29, 1.82) is 0 Å². The first-order valence-corrected chi connectivity index (χ1v) is 9.91. The maximum atomic E-state index is 5.41. The van der Waals surface area contributed by atoms with Crippen LogP contribution in [0, 0.1) is 0 Å². The summed E-state index contributed by atoms with van der Waals surface area (Å²) >= 11 is 0. The van der Waals surface area contributed by atoms with Crippen LogP contribution in [0.1, 0.15) is 22.7 Å². The van der Waals surface area contributed by atoms with Gasteiger partial charge in [-0.15, -0.1) is 0 Å². The molecule has 1 unspecified atom stereocenters. The van der Waals surface area contributed by atoms with Crippen LogP contribution in [0.2, 0.25) is 0 Å². The summed E-state index contributed by atoms with van der Waals surface area (Å²) in [5.41, 5.74) is 4.37. The fourth-order valence-corrected chi connectivity index (χ4v) is 4.00. The predicted octanol–water partition coefficient (Wildman–Crippen LogP) is 5.82. The van der Waals surface area contributed by atoms with Gasteiger partial charge in [0, 0.05) is 16.8 Å². The third-order valence-corrected chi connectivity index (χ3v) is 5.53. The van der Waals surface area contributed by atoms with Crippen LogP contribution >= 0.6 is 0 Å². The van der Waals surface area contributed by atoms with Gasteiger partial charge in [0.25, 0.3) is 0 Å². The molecule has 5 rings (SSSR count). The Balaban J connectivity index is 1.70. The number of amidine groups is 1. The van der Waals surface area contributed by atoms with Crippen molar-refractivity contribution in [3.8, 4) is 11.5 Å². The molecule has 4 aromatic rings. The van der Waals surface area contributed by atoms with Gasteiger partial charge < -0.3 is 14.8 Å². The highest BCUT2D eigenvalue weighted by Crippen LogP contribution is 2.41. The van der Waals surface area contributed by atoms with Crippen molar-refractivity contribution in [1.82, 2.24) is 0 Å². The average Bonchev–Trinajstić information content (AvgIpc) is 2.83. The molecule has 1 heterocycles. The maximum absolute atomic E-state index is 5.41. The van der Waals surface area contributed by atoms with Gasteiger partial charge in [-0.1, -0.05) is 54.6 Å². The number of nitrogens with one attached hydrogen (secondary N) is 1. The van der Waals surface area contributed by atoms with Crippen LogP contribution in [0.15, 0.2) is 89.9 Å². The maximum Gasteiger partial charge on any atom is 0.133 e. The Kier molecular flexibility index (Phi) is 4.60. The first-order valence-electron chi connectivity index (χ1n) is 9.91. The molecule has 4 aromatic carbocycles. The number of fused-ring (bicyclic) bond motifs is 3. The van der Waals surface area contributed by atoms with Crippen LogP contribution in [0.3, 0.4) is 0 Å². The number of aliphatic imine (C=N–C) groups is 1. The number of ether oxygens (including phenoxy) is 2. The molecule has 148 valence electrons. The Morgan fingerprint density at radius 2 is 1.57 bits per heavy atom. The van der Waals surface area contributed by atoms with E-state index in [9.17, 15) is 0 Å². The van der Waals surface area contributed by atoms with Crippen molar-refractivity contribution < 1.29 is 9.47 Å². The minimum Gasteiger partial charge on any atom is -0.497 e. The van der Waals surface area contributed by atoms with Crippen LogP contribution in [-0.4, -0.2) is 20.1 Å². The minimum atomic E-state index is -0.126. The molecule has 0 bridgehead atoms. The summed E-state index contributed by atoms with van der Waals surface area (Å²) in [4.78, 5) is 5.15. The normalized spacial score (nSPS) is 15.1. The van der Waals surface area contributed by atoms with E-state index in [1.165, 1.54) is 16.3 Å². The van der Waals surface area contributed by atoms with Gasteiger partial charge in [-0.3, -0.25) is 4.99 Å². The molecular weight excluding hydrogens is 372 g/mol. The van der Waals surface area contributed by atoms with Crippen molar-refractivity contribution in [3.63, 3.8) is 0 Å². The first-order chi connectivity index (χ1) is 14.8. The molecule has 1 aliphatic heterocycles. The second-order valence-corrected chi connectivity index (χ2v) is 7.26. The molecule has 30 heavy (non-hydrogen) atoms. The standard InChI is InChI=1S/C26H22N2O2/c1-29-20-13-10-18(11-14-20)25-24-22-9-4-3-6-17(22)12-15-23(24)27-26(28-25)19-7-5-8-21(16-19)30-2/h3-16,25H,1-2H3,(H,27,28). The Morgan fingerprint density at radius 3 is 2.37 bits per heavy atom. The van der Waals surface area contributed by atoms with E-state index in [4.69, 9.17) is 14.5 Å². The molecule has 0 amide bonds. The number of nitrogens with zero attached hydrogens (tertiary/aromatic N) is 1. The van der Waals surface area contributed by atoms with Gasteiger partial charge in [0.2, 0.25) is 0 Å². The van der Waals surface area contributed by atoms with Crippen molar-refractivity contribution in [3.05, 3.63) is 102 Å². The minimum absolute atomic E-state index is 0.126. The fourth-order valence-electron chi connectivity index (χ4n) is 4.00. The molecule has 0 spiro atoms. The van der Waals surface area contributed by atoms with Crippen LogP contribution in [0.25, 0.3) is 10.8 Å². The predicted molar refractivity (Wildman–Crippen MR) is 122 cm³/mol. The lowest BCUT2D eigenvalue weighted by molar-refractivity contribution is 0.414. The van der Waals surface area contributed by atoms with E-state index in [1.807, 2.05) is 36.4 Å². The number of anilines is 1. The fraction of sp³-hybridized carbons (Fsp3) is 0.115. The van der Waals surface area contributed by atoms with E-state index >= 15 is 0 Å². The lowest BCUT2D eigenvalue weighted by Gasteiger charge is -2.27. The monoisotopic (exact) mass is 394 g/mol. The highest BCUT2D eigenvalue weighted by atomic mass is 16.5. The van der Waals surface area contributed by atoms with Crippen molar-refractivity contribution >= 4 is 22.3 Å². The van der Waals surface area contributed by atoms with Crippen LogP contribution < -0.4 is 14.8 Å². The quantitative estimate of drug-likeness (QED) is 0.474. The van der Waals surface area contributed by atoms with Crippen molar-refractivity contribution in [2.24, 2.45) is 4.99 Å². The van der Waals surface area contributed by atoms with Gasteiger partial charge >= 0.3 is 0 Å². The largest absolute Gasteiger partial charge is 0.497 e. The molecule has 1 atom stereocenters. The van der Waals surface area contributed by atoms with Gasteiger partial charge in [-0.05, 0) is 46.7 Å². The SMILES string of the molecule is COc1ccc(C2N=C(c3cccc(OC)c3)Nc3ccc4ccccc4c32)cc1. The number of hydrogen-bond donors (Lipinski definition) is 1. The van der Waals surface area contributed by atoms with Gasteiger partial charge in [0.15, 0.2) is 0 Å². The molecule has 0 aromatic heterocycles. The summed E-state index contributed by atoms with van der Waals surface area (Å²) in [7, 11) is 3.36. The zero-order valence-corrected chi connectivity index (χ0v) is 16.9. The Labute approximate surface area is 175 Å². The summed E-state index contributed by atoms with van der Waals surface area (Å²) < 4.78 is 10.8. The summed E-state index contributed by atoms with van der Waals surface area (Å²) in [6, 6.07) is 28.8. The second kappa shape index (κ2) is 7.56. The van der Waals surface area contributed by atoms with Crippen LogP contribution in [0.4, 0.5) is 5.69 Å². The number of benzene rings is 4. The summed E-state index contributed by atoms with van der Waals surface area (Å²) in [5, 5.41) is 5.96. The Morgan fingerprint density at radius 1 is 0.767 bits per heavy atom. The molecular formula is C26H22N2O2. The van der Waals surface area contributed by atoms with Gasteiger partial charge in [0.1, 0.15) is 23.4 Å². The smallest absolute Gasteiger partial charge is 0.133 e. The molecule has 0 fully saturated rings. The third-order valence-electron chi connectivity index (χ3n) is 5.53. The number of hydrogen-bond acceptors (Lipinski definition) is 4. The van der Waals surface area contributed by atoms with Gasteiger partial charge in [-0.2, -0.15) is 0 Å². The summed E-state index contributed by atoms with van der Waals surface area (Å²) in [6.07, 6.45) is 0. The van der Waals surface area contributed by atoms with Gasteiger partial charge in [0.05, 0.1) is 14.2 Å². The molecule has 0 radical (unpaired) electrons. The lowest BCUT2D eigenvalue weighted by Crippen LogP contribution is -2.22. The van der Waals surface area contributed by atoms with Crippen molar-refractivity contribution in [2.45, 2.75) is 6.04 Å². The van der Waals surface area contributed by atoms with E-state index < -0.39 is 0 Å². The highest BCUT2D eigenvalue weighted by molar-refractivity contribution is 6.12. The topological polar surface area (TPSA) is 42.9 Å². The molecule has 4 heteroatoms. The molecule has 0 aliphatic carbocycles. The average molecular weight is 394 g/mol. The lowest BCUT2D eigenvalue weighted by atomic mass is 9.90. The Bertz CT molecular complexity index is 1250. The van der Waals surface area contributed by atoms with Crippen molar-refractivity contribution in [2.75, 3.05) is 19.5 Å². The zero-order valence-electron chi connectivity index (χ0n) is 16.9. The zero-order chi connectivity index (χ0) is 20.5. The molecule has 1 aliphatic rings. The number of methoxy groups -OCH3 is 2. The molecule has 0 saturated carbocycles. The highest BCUT2D eigenvalue weighted by Gasteiger charge is 2.26. The van der Waals surface area contributed by atoms with Crippen LogP contribution in [0.5, 0.6) is 11.5 Å². The summed E-state index contributed by atoms with van der Waals surface area (Å²) in [5.74, 6) is 2.47.